The zero-order chi connectivity index (χ0) is 13.1. The minimum atomic E-state index is 0.0652. The maximum Gasteiger partial charge on any atom is 0.222 e. The average molecular weight is 242 g/mol. The smallest absolute Gasteiger partial charge is 0.222 e. The fraction of sp³-hybridized carbons (Fsp3) is 0.833. The molecule has 0 spiro atoms. The Morgan fingerprint density at radius 3 is 2.24 bits per heavy atom. The molecule has 0 aliphatic carbocycles. The van der Waals surface area contributed by atoms with Crippen molar-refractivity contribution < 1.29 is 4.79 Å². The van der Waals surface area contributed by atoms with Gasteiger partial charge in [-0.1, -0.05) is 6.92 Å². The minimum Gasteiger partial charge on any atom is -0.357 e. The van der Waals surface area contributed by atoms with Gasteiger partial charge in [0.05, 0.1) is 6.54 Å². The first kappa shape index (κ1) is 15.7. The molecule has 0 saturated carbocycles. The maximum atomic E-state index is 11.5. The van der Waals surface area contributed by atoms with Gasteiger partial charge in [0.25, 0.3) is 0 Å². The minimum absolute atomic E-state index is 0.0652. The summed E-state index contributed by atoms with van der Waals surface area (Å²) >= 11 is 0. The summed E-state index contributed by atoms with van der Waals surface area (Å²) < 4.78 is 0. The molecule has 0 bridgehead atoms. The van der Waals surface area contributed by atoms with Crippen LogP contribution >= 0.6 is 0 Å². The molecule has 0 radical (unpaired) electrons. The molecule has 0 aliphatic heterocycles. The van der Waals surface area contributed by atoms with Crippen molar-refractivity contribution in [2.45, 2.75) is 46.6 Å². The lowest BCUT2D eigenvalue weighted by molar-refractivity contribution is -0.121. The van der Waals surface area contributed by atoms with E-state index in [4.69, 9.17) is 0 Å². The highest BCUT2D eigenvalue weighted by molar-refractivity contribution is 5.80. The van der Waals surface area contributed by atoms with Crippen LogP contribution in [0.2, 0.25) is 0 Å². The van der Waals surface area contributed by atoms with E-state index in [1.807, 2.05) is 20.8 Å². The van der Waals surface area contributed by atoms with Gasteiger partial charge >= 0.3 is 0 Å². The van der Waals surface area contributed by atoms with Crippen LogP contribution in [0.15, 0.2) is 4.99 Å². The van der Waals surface area contributed by atoms with Crippen molar-refractivity contribution in [1.29, 1.82) is 0 Å². The van der Waals surface area contributed by atoms with E-state index in [2.05, 4.69) is 27.9 Å². The third kappa shape index (κ3) is 8.54. The van der Waals surface area contributed by atoms with Gasteiger partial charge in [-0.3, -0.25) is 9.79 Å². The van der Waals surface area contributed by atoms with Gasteiger partial charge in [-0.2, -0.15) is 0 Å². The van der Waals surface area contributed by atoms with Crippen molar-refractivity contribution in [3.05, 3.63) is 0 Å². The number of aliphatic imine (C=N–C) groups is 1. The summed E-state index contributed by atoms with van der Waals surface area (Å²) in [5, 5.41) is 9.15. The van der Waals surface area contributed by atoms with Gasteiger partial charge in [-0.05, 0) is 27.2 Å². The highest BCUT2D eigenvalue weighted by atomic mass is 16.1. The lowest BCUT2D eigenvalue weighted by Gasteiger charge is -2.11. The molecule has 0 aromatic carbocycles. The summed E-state index contributed by atoms with van der Waals surface area (Å²) in [4.78, 5) is 15.8. The van der Waals surface area contributed by atoms with Crippen LogP contribution in [0.1, 0.15) is 40.5 Å². The monoisotopic (exact) mass is 242 g/mol. The molecule has 1 atom stereocenters. The second-order valence-electron chi connectivity index (χ2n) is 3.92. The molecule has 0 rings (SSSR count). The summed E-state index contributed by atoms with van der Waals surface area (Å²) in [6.45, 7) is 10.2. The molecule has 0 aromatic rings. The average Bonchev–Trinajstić information content (AvgIpc) is 2.29. The molecule has 1 unspecified atom stereocenters. The number of guanidine groups is 1. The summed E-state index contributed by atoms with van der Waals surface area (Å²) in [7, 11) is 0. The van der Waals surface area contributed by atoms with Crippen LogP contribution in [0.3, 0.4) is 0 Å². The third-order valence-electron chi connectivity index (χ3n) is 2.32. The standard InChI is InChI=1S/C12H26N4O/c1-5-10(4)16-11(17)8-9-15-12(13-6-2)14-7-3/h10H,5-9H2,1-4H3,(H,16,17)(H2,13,14,15). The molecule has 0 fully saturated rings. The molecule has 0 aromatic heterocycles. The molecule has 17 heavy (non-hydrogen) atoms. The summed E-state index contributed by atoms with van der Waals surface area (Å²) in [5.41, 5.74) is 0. The van der Waals surface area contributed by atoms with E-state index in [0.717, 1.165) is 25.5 Å². The van der Waals surface area contributed by atoms with Crippen molar-refractivity contribution in [3.8, 4) is 0 Å². The van der Waals surface area contributed by atoms with Crippen LogP contribution < -0.4 is 16.0 Å². The number of carbonyl (C=O) groups excluding carboxylic acids is 1. The van der Waals surface area contributed by atoms with Crippen molar-refractivity contribution >= 4 is 11.9 Å². The zero-order valence-electron chi connectivity index (χ0n) is 11.5. The topological polar surface area (TPSA) is 65.5 Å². The van der Waals surface area contributed by atoms with Gasteiger partial charge in [-0.15, -0.1) is 0 Å². The predicted molar refractivity (Wildman–Crippen MR) is 72.2 cm³/mol. The lowest BCUT2D eigenvalue weighted by Crippen LogP contribution is -2.37. The normalized spacial score (nSPS) is 11.5. The van der Waals surface area contributed by atoms with E-state index >= 15 is 0 Å². The first-order chi connectivity index (χ1) is 8.13. The number of hydrogen-bond donors (Lipinski definition) is 3. The Balaban J connectivity index is 3.91. The van der Waals surface area contributed by atoms with Crippen molar-refractivity contribution in [2.24, 2.45) is 4.99 Å². The zero-order valence-corrected chi connectivity index (χ0v) is 11.5. The second-order valence-corrected chi connectivity index (χ2v) is 3.92. The largest absolute Gasteiger partial charge is 0.357 e. The van der Waals surface area contributed by atoms with Gasteiger partial charge in [-0.25, -0.2) is 0 Å². The fourth-order valence-electron chi connectivity index (χ4n) is 1.23. The molecule has 0 aliphatic rings. The molecule has 5 heteroatoms. The predicted octanol–water partition coefficient (Wildman–Crippen LogP) is 0.866. The van der Waals surface area contributed by atoms with E-state index in [-0.39, 0.29) is 11.9 Å². The molecule has 100 valence electrons. The van der Waals surface area contributed by atoms with Crippen molar-refractivity contribution in [1.82, 2.24) is 16.0 Å². The molecular formula is C12H26N4O. The highest BCUT2D eigenvalue weighted by Crippen LogP contribution is 1.90. The fourth-order valence-corrected chi connectivity index (χ4v) is 1.23. The molecule has 3 N–H and O–H groups in total. The van der Waals surface area contributed by atoms with Gasteiger partial charge < -0.3 is 16.0 Å². The van der Waals surface area contributed by atoms with Crippen molar-refractivity contribution in [3.63, 3.8) is 0 Å². The first-order valence-electron chi connectivity index (χ1n) is 6.45. The highest BCUT2D eigenvalue weighted by Gasteiger charge is 2.04. The Kier molecular flexibility index (Phi) is 9.19. The summed E-state index contributed by atoms with van der Waals surface area (Å²) in [5.74, 6) is 0.835. The number of nitrogens with one attached hydrogen (secondary N) is 3. The van der Waals surface area contributed by atoms with Gasteiger partial charge in [0.2, 0.25) is 5.91 Å². The molecule has 5 nitrogen and oxygen atoms in total. The Hall–Kier alpha value is -1.26. The van der Waals surface area contributed by atoms with Gasteiger partial charge in [0, 0.05) is 25.6 Å². The van der Waals surface area contributed by atoms with E-state index in [9.17, 15) is 4.79 Å². The second kappa shape index (κ2) is 9.93. The summed E-state index contributed by atoms with van der Waals surface area (Å²) in [6, 6.07) is 0.244. The Morgan fingerprint density at radius 1 is 1.18 bits per heavy atom. The van der Waals surface area contributed by atoms with E-state index < -0.39 is 0 Å². The number of nitrogens with zero attached hydrogens (tertiary/aromatic N) is 1. The molecular weight excluding hydrogens is 216 g/mol. The number of amides is 1. The Bertz CT molecular complexity index is 233. The van der Waals surface area contributed by atoms with Crippen LogP contribution in [0.5, 0.6) is 0 Å². The first-order valence-corrected chi connectivity index (χ1v) is 6.45. The van der Waals surface area contributed by atoms with Crippen LogP contribution in [-0.2, 0) is 4.79 Å². The van der Waals surface area contributed by atoms with Gasteiger partial charge in [0.15, 0.2) is 5.96 Å². The van der Waals surface area contributed by atoms with E-state index in [1.54, 1.807) is 0 Å². The molecule has 1 amide bonds. The quantitative estimate of drug-likeness (QED) is 0.458. The van der Waals surface area contributed by atoms with E-state index in [1.165, 1.54) is 0 Å². The van der Waals surface area contributed by atoms with E-state index in [0.29, 0.717) is 13.0 Å². The van der Waals surface area contributed by atoms with Crippen LogP contribution in [0.25, 0.3) is 0 Å². The van der Waals surface area contributed by atoms with Gasteiger partial charge in [0.1, 0.15) is 0 Å². The van der Waals surface area contributed by atoms with Crippen molar-refractivity contribution in [2.75, 3.05) is 19.6 Å². The Morgan fingerprint density at radius 2 is 1.76 bits per heavy atom. The number of rotatable bonds is 7. The number of hydrogen-bond acceptors (Lipinski definition) is 2. The Labute approximate surface area is 104 Å². The van der Waals surface area contributed by atoms with Crippen LogP contribution in [0.4, 0.5) is 0 Å². The third-order valence-corrected chi connectivity index (χ3v) is 2.32. The van der Waals surface area contributed by atoms with Crippen LogP contribution in [0, 0.1) is 0 Å². The van der Waals surface area contributed by atoms with Crippen LogP contribution in [-0.4, -0.2) is 37.5 Å². The molecule has 0 heterocycles. The maximum absolute atomic E-state index is 11.5. The lowest BCUT2D eigenvalue weighted by atomic mass is 10.2. The summed E-state index contributed by atoms with van der Waals surface area (Å²) in [6.07, 6.45) is 1.39. The SMILES string of the molecule is CCNC(=NCCC(=O)NC(C)CC)NCC. The molecule has 0 saturated heterocycles. The number of carbonyl (C=O) groups is 1.